The Kier molecular flexibility index (Phi) is 6.38. The van der Waals surface area contributed by atoms with Crippen LogP contribution in [-0.2, 0) is 16.0 Å². The van der Waals surface area contributed by atoms with Crippen LogP contribution in [-0.4, -0.2) is 43.4 Å². The van der Waals surface area contributed by atoms with E-state index in [4.69, 9.17) is 35.4 Å². The first kappa shape index (κ1) is 20.2. The van der Waals surface area contributed by atoms with Gasteiger partial charge >= 0.3 is 0 Å². The number of benzene rings is 1. The third kappa shape index (κ3) is 3.84. The molecule has 0 spiro atoms. The molecule has 0 unspecified atom stereocenters. The predicted octanol–water partition coefficient (Wildman–Crippen LogP) is 2.18. The number of aliphatic carboxylic acids is 1. The molecule has 2 aliphatic heterocycles. The number of carbonyl (C=O) groups excluding carboxylic acids is 2. The predicted molar refractivity (Wildman–Crippen MR) is 114 cm³/mol. The largest absolute Gasteiger partial charge is 0.543 e. The first-order valence-corrected chi connectivity index (χ1v) is 11.2. The summed E-state index contributed by atoms with van der Waals surface area (Å²) in [6.07, 6.45) is 0.345. The number of hydrogen-bond donors (Lipinski definition) is 1. The molecule has 1 fully saturated rings. The first-order chi connectivity index (χ1) is 12.3. The molecule has 0 bridgehead atoms. The number of β-lactam (4-membered cyclic amide) rings is 1. The highest BCUT2D eigenvalue weighted by Gasteiger charge is 2.52. The first-order valence-electron chi connectivity index (χ1n) is 7.50. The lowest BCUT2D eigenvalue weighted by molar-refractivity contribution is -0.301. The second-order valence-electron chi connectivity index (χ2n) is 5.74. The molecule has 1 aromatic carbocycles. The van der Waals surface area contributed by atoms with E-state index >= 15 is 0 Å². The van der Waals surface area contributed by atoms with Crippen molar-refractivity contribution < 1.29 is 14.7 Å². The summed E-state index contributed by atoms with van der Waals surface area (Å²) in [6.45, 7) is 0. The number of carboxylic acid groups (broad SMARTS) is 1. The van der Waals surface area contributed by atoms with Gasteiger partial charge in [0.15, 0.2) is 0 Å². The lowest BCUT2D eigenvalue weighted by Crippen LogP contribution is -2.71. The number of halogens is 3. The van der Waals surface area contributed by atoms with Crippen LogP contribution < -0.4 is 10.4 Å². The van der Waals surface area contributed by atoms with E-state index in [-0.39, 0.29) is 17.0 Å². The highest BCUT2D eigenvalue weighted by molar-refractivity contribution is 14.1. The molecule has 138 valence electrons. The average molecular weight is 542 g/mol. The van der Waals surface area contributed by atoms with Gasteiger partial charge in [-0.05, 0) is 29.3 Å². The summed E-state index contributed by atoms with van der Waals surface area (Å²) >= 11 is 21.1. The summed E-state index contributed by atoms with van der Waals surface area (Å²) in [5, 5.41) is 15.3. The van der Waals surface area contributed by atoms with Gasteiger partial charge in [0.2, 0.25) is 0 Å². The van der Waals surface area contributed by atoms with Crippen LogP contribution in [0.2, 0.25) is 10.0 Å². The zero-order chi connectivity index (χ0) is 19.0. The van der Waals surface area contributed by atoms with Crippen molar-refractivity contribution in [1.82, 2.24) is 10.2 Å². The van der Waals surface area contributed by atoms with E-state index in [2.05, 4.69) is 27.9 Å². The molecule has 1 aromatic rings. The molecule has 5 nitrogen and oxygen atoms in total. The van der Waals surface area contributed by atoms with Crippen LogP contribution in [0.1, 0.15) is 5.56 Å². The van der Waals surface area contributed by atoms with E-state index in [9.17, 15) is 14.7 Å². The van der Waals surface area contributed by atoms with E-state index in [0.717, 1.165) is 5.56 Å². The highest BCUT2D eigenvalue weighted by atomic mass is 127. The van der Waals surface area contributed by atoms with Gasteiger partial charge < -0.3 is 15.2 Å². The summed E-state index contributed by atoms with van der Waals surface area (Å²) in [6, 6.07) is 4.55. The van der Waals surface area contributed by atoms with Gasteiger partial charge in [-0.3, -0.25) is 9.69 Å². The minimum atomic E-state index is -1.32. The zero-order valence-corrected chi connectivity index (χ0v) is 18.4. The van der Waals surface area contributed by atoms with Crippen LogP contribution in [0.25, 0.3) is 0 Å². The summed E-state index contributed by atoms with van der Waals surface area (Å²) in [4.78, 5) is 25.7. The Morgan fingerprint density at radius 1 is 1.46 bits per heavy atom. The molecule has 0 radical (unpaired) electrons. The number of thioether (sulfide) groups is 1. The maximum Gasteiger partial charge on any atom is 0.253 e. The quantitative estimate of drug-likeness (QED) is 0.267. The van der Waals surface area contributed by atoms with Gasteiger partial charge in [0, 0.05) is 26.6 Å². The second-order valence-corrected chi connectivity index (χ2v) is 8.94. The molecule has 3 rings (SSSR count). The van der Waals surface area contributed by atoms with Gasteiger partial charge in [-0.15, -0.1) is 11.8 Å². The molecule has 0 aliphatic carbocycles. The number of carbonyl (C=O) groups is 2. The minimum absolute atomic E-state index is 0.00463. The zero-order valence-electron chi connectivity index (χ0n) is 13.1. The molecule has 2 aliphatic rings. The smallest absolute Gasteiger partial charge is 0.253 e. The standard InChI is InChI=1S/C16H13Cl2IN2O3S2/c17-9-1-2-10(18)7(3-9)4-11(25)20-12-14(22)21-13(16(23)24)8(5-19)6-26-15(12)21/h1-3,12,15H,4-6H2,(H,20,25)(H,23,24)/p-1/t12-,15-/m1/s1. The number of alkyl halides is 1. The van der Waals surface area contributed by atoms with Crippen molar-refractivity contribution in [2.75, 3.05) is 10.2 Å². The van der Waals surface area contributed by atoms with Crippen LogP contribution >= 0.6 is 69.8 Å². The summed E-state index contributed by atoms with van der Waals surface area (Å²) in [7, 11) is 0. The van der Waals surface area contributed by atoms with Crippen LogP contribution in [0.4, 0.5) is 0 Å². The maximum atomic E-state index is 12.5. The lowest BCUT2D eigenvalue weighted by atomic mass is 10.0. The summed E-state index contributed by atoms with van der Waals surface area (Å²) < 4.78 is 0.536. The number of amides is 1. The van der Waals surface area contributed by atoms with E-state index in [1.807, 2.05) is 0 Å². The molecule has 26 heavy (non-hydrogen) atoms. The molecule has 10 heteroatoms. The third-order valence-electron chi connectivity index (χ3n) is 4.08. The average Bonchev–Trinajstić information content (AvgIpc) is 2.61. The van der Waals surface area contributed by atoms with Crippen LogP contribution in [0.3, 0.4) is 0 Å². The Morgan fingerprint density at radius 2 is 2.19 bits per heavy atom. The molecule has 1 amide bonds. The van der Waals surface area contributed by atoms with E-state index in [0.29, 0.717) is 37.2 Å². The SMILES string of the molecule is O=C([O-])C1=C(CI)CS[C@@H]2[C@H](NC(=S)Cc3cc(Cl)ccc3Cl)C(=O)N12. The molecule has 0 aromatic heterocycles. The number of nitrogens with one attached hydrogen (secondary N) is 1. The number of thiocarbonyl (C=S) groups is 1. The molecule has 1 N–H and O–H groups in total. The van der Waals surface area contributed by atoms with Crippen molar-refractivity contribution in [3.8, 4) is 0 Å². The number of fused-ring (bicyclic) bond motifs is 1. The Hall–Kier alpha value is -0.550. The fourth-order valence-electron chi connectivity index (χ4n) is 2.85. The fraction of sp³-hybridized carbons (Fsp3) is 0.312. The van der Waals surface area contributed by atoms with Gasteiger partial charge in [0.1, 0.15) is 11.4 Å². The number of hydrogen-bond acceptors (Lipinski definition) is 5. The number of carboxylic acids is 1. The summed E-state index contributed by atoms with van der Waals surface area (Å²) in [5.41, 5.74) is 1.46. The second kappa shape index (κ2) is 8.22. The Bertz CT molecular complexity index is 834. The van der Waals surface area contributed by atoms with E-state index in [1.54, 1.807) is 18.2 Å². The maximum absolute atomic E-state index is 12.5. The van der Waals surface area contributed by atoms with Crippen molar-refractivity contribution in [3.05, 3.63) is 45.1 Å². The lowest BCUT2D eigenvalue weighted by Gasteiger charge is -2.51. The molecule has 2 atom stereocenters. The third-order valence-corrected chi connectivity index (χ3v) is 7.20. The van der Waals surface area contributed by atoms with E-state index in [1.165, 1.54) is 16.7 Å². The summed E-state index contributed by atoms with van der Waals surface area (Å²) in [5.74, 6) is -1.09. The Balaban J connectivity index is 1.70. The molecule has 0 saturated carbocycles. The van der Waals surface area contributed by atoms with Gasteiger partial charge in [0.25, 0.3) is 5.91 Å². The normalized spacial score (nSPS) is 22.0. The van der Waals surface area contributed by atoms with Crippen LogP contribution in [0.5, 0.6) is 0 Å². The van der Waals surface area contributed by atoms with Crippen LogP contribution in [0.15, 0.2) is 29.5 Å². The number of nitrogens with zero attached hydrogens (tertiary/aromatic N) is 1. The Morgan fingerprint density at radius 3 is 2.85 bits per heavy atom. The van der Waals surface area contributed by atoms with Gasteiger partial charge in [-0.2, -0.15) is 0 Å². The highest BCUT2D eigenvalue weighted by Crippen LogP contribution is 2.40. The van der Waals surface area contributed by atoms with Crippen LogP contribution in [0, 0.1) is 0 Å². The van der Waals surface area contributed by atoms with E-state index < -0.39 is 12.0 Å². The topological polar surface area (TPSA) is 72.5 Å². The van der Waals surface area contributed by atoms with Crippen molar-refractivity contribution in [3.63, 3.8) is 0 Å². The van der Waals surface area contributed by atoms with Crippen molar-refractivity contribution in [2.24, 2.45) is 0 Å². The molecule has 2 heterocycles. The Labute approximate surface area is 183 Å². The van der Waals surface area contributed by atoms with Crippen molar-refractivity contribution in [2.45, 2.75) is 17.8 Å². The molecular weight excluding hydrogens is 530 g/mol. The van der Waals surface area contributed by atoms with Gasteiger partial charge in [-0.1, -0.05) is 58.0 Å². The van der Waals surface area contributed by atoms with Gasteiger partial charge in [0.05, 0.1) is 16.7 Å². The molecular formula is C16H12Cl2IN2O3S2-. The van der Waals surface area contributed by atoms with Crippen molar-refractivity contribution in [1.29, 1.82) is 0 Å². The van der Waals surface area contributed by atoms with Crippen molar-refractivity contribution >= 4 is 86.6 Å². The number of rotatable bonds is 5. The van der Waals surface area contributed by atoms with Gasteiger partial charge in [-0.25, -0.2) is 0 Å². The fourth-order valence-corrected chi connectivity index (χ4v) is 5.86. The monoisotopic (exact) mass is 541 g/mol. The minimum Gasteiger partial charge on any atom is -0.543 e. The molecule has 1 saturated heterocycles.